The first-order valence-electron chi connectivity index (χ1n) is 10.2. The van der Waals surface area contributed by atoms with Crippen molar-refractivity contribution in [2.24, 2.45) is 5.92 Å². The monoisotopic (exact) mass is 361 g/mol. The summed E-state index contributed by atoms with van der Waals surface area (Å²) in [6.07, 6.45) is 6.93. The van der Waals surface area contributed by atoms with Crippen LogP contribution in [0.15, 0.2) is 4.52 Å². The highest BCUT2D eigenvalue weighted by Gasteiger charge is 2.34. The Bertz CT molecular complexity index is 605. The fourth-order valence-corrected chi connectivity index (χ4v) is 4.78. The first-order valence-corrected chi connectivity index (χ1v) is 10.2. The molecule has 26 heavy (non-hydrogen) atoms. The van der Waals surface area contributed by atoms with Crippen molar-refractivity contribution >= 4 is 5.91 Å². The summed E-state index contributed by atoms with van der Waals surface area (Å²) in [7, 11) is 0. The molecule has 4 heterocycles. The molecule has 3 fully saturated rings. The van der Waals surface area contributed by atoms with Gasteiger partial charge >= 0.3 is 0 Å². The summed E-state index contributed by atoms with van der Waals surface area (Å²) < 4.78 is 5.07. The van der Waals surface area contributed by atoms with Crippen molar-refractivity contribution in [3.05, 3.63) is 11.7 Å². The van der Waals surface area contributed by atoms with Gasteiger partial charge in [-0.3, -0.25) is 14.6 Å². The van der Waals surface area contributed by atoms with Gasteiger partial charge in [0.25, 0.3) is 0 Å². The maximum atomic E-state index is 12.8. The van der Waals surface area contributed by atoms with Crippen molar-refractivity contribution in [3.63, 3.8) is 0 Å². The van der Waals surface area contributed by atoms with E-state index in [1.54, 1.807) is 0 Å². The van der Waals surface area contributed by atoms with E-state index >= 15 is 0 Å². The third kappa shape index (κ3) is 4.09. The Kier molecular flexibility index (Phi) is 5.55. The van der Waals surface area contributed by atoms with Crippen LogP contribution in [0.2, 0.25) is 0 Å². The molecule has 0 radical (unpaired) electrons. The van der Waals surface area contributed by atoms with Crippen molar-refractivity contribution in [3.8, 4) is 0 Å². The van der Waals surface area contributed by atoms with Crippen LogP contribution in [-0.2, 0) is 11.3 Å². The lowest BCUT2D eigenvalue weighted by Gasteiger charge is -2.42. The van der Waals surface area contributed by atoms with Crippen molar-refractivity contribution in [1.82, 2.24) is 24.8 Å². The first-order chi connectivity index (χ1) is 12.7. The fraction of sp³-hybridized carbons (Fsp3) is 0.842. The third-order valence-electron chi connectivity index (χ3n) is 6.23. The van der Waals surface area contributed by atoms with Crippen molar-refractivity contribution in [2.45, 2.75) is 58.0 Å². The van der Waals surface area contributed by atoms with E-state index in [0.717, 1.165) is 64.5 Å². The predicted octanol–water partition coefficient (Wildman–Crippen LogP) is 1.68. The van der Waals surface area contributed by atoms with Gasteiger partial charge in [0.2, 0.25) is 11.8 Å². The number of aryl methyl sites for hydroxylation is 1. The summed E-state index contributed by atoms with van der Waals surface area (Å²) >= 11 is 0. The molecule has 3 aliphatic heterocycles. The van der Waals surface area contributed by atoms with Gasteiger partial charge in [-0.25, -0.2) is 0 Å². The number of aromatic nitrogens is 2. The van der Waals surface area contributed by atoms with E-state index in [1.807, 2.05) is 6.92 Å². The molecule has 1 aromatic heterocycles. The zero-order chi connectivity index (χ0) is 17.9. The van der Waals surface area contributed by atoms with Crippen LogP contribution in [0.5, 0.6) is 0 Å². The summed E-state index contributed by atoms with van der Waals surface area (Å²) in [5, 5.41) is 4.01. The average Bonchev–Trinajstić information content (AvgIpc) is 3.34. The minimum Gasteiger partial charge on any atom is -0.342 e. The standard InChI is InChI=1S/C19H31N5O2/c1-15-20-18(21-26-15)14-22-11-6-17(7-12-22)24-10-4-5-16(13-24)19(25)23-8-2-3-9-23/h16-17H,2-14H2,1H3. The maximum Gasteiger partial charge on any atom is 0.226 e. The fourth-order valence-electron chi connectivity index (χ4n) is 4.78. The number of likely N-dealkylation sites (tertiary alicyclic amines) is 3. The number of rotatable bonds is 4. The van der Waals surface area contributed by atoms with E-state index in [4.69, 9.17) is 4.52 Å². The molecule has 3 saturated heterocycles. The first kappa shape index (κ1) is 17.9. The SMILES string of the molecule is Cc1nc(CN2CCC(N3CCCC(C(=O)N4CCCC4)C3)CC2)no1. The smallest absolute Gasteiger partial charge is 0.226 e. The molecule has 1 amide bonds. The Hall–Kier alpha value is -1.47. The lowest BCUT2D eigenvalue weighted by atomic mass is 9.93. The lowest BCUT2D eigenvalue weighted by Crippen LogP contribution is -2.51. The molecular formula is C19H31N5O2. The maximum absolute atomic E-state index is 12.8. The van der Waals surface area contributed by atoms with Gasteiger partial charge in [-0.05, 0) is 45.1 Å². The van der Waals surface area contributed by atoms with E-state index in [0.29, 0.717) is 17.8 Å². The van der Waals surface area contributed by atoms with Gasteiger partial charge in [-0.1, -0.05) is 5.16 Å². The number of hydrogen-bond acceptors (Lipinski definition) is 6. The molecule has 144 valence electrons. The molecule has 4 rings (SSSR count). The molecule has 0 N–H and O–H groups in total. The summed E-state index contributed by atoms with van der Waals surface area (Å²) in [5.74, 6) is 2.06. The van der Waals surface area contributed by atoms with E-state index in [9.17, 15) is 4.79 Å². The van der Waals surface area contributed by atoms with Crippen molar-refractivity contribution in [2.75, 3.05) is 39.3 Å². The van der Waals surface area contributed by atoms with Crippen molar-refractivity contribution < 1.29 is 9.32 Å². The number of piperidine rings is 2. The third-order valence-corrected chi connectivity index (χ3v) is 6.23. The van der Waals surface area contributed by atoms with E-state index in [-0.39, 0.29) is 5.92 Å². The Labute approximate surface area is 155 Å². The predicted molar refractivity (Wildman–Crippen MR) is 97.4 cm³/mol. The number of carbonyl (C=O) groups excluding carboxylic acids is 1. The molecule has 1 aromatic rings. The summed E-state index contributed by atoms with van der Waals surface area (Å²) in [6.45, 7) is 8.81. The van der Waals surface area contributed by atoms with Crippen molar-refractivity contribution in [1.29, 1.82) is 0 Å². The molecule has 0 saturated carbocycles. The van der Waals surface area contributed by atoms with Crippen LogP contribution >= 0.6 is 0 Å². The van der Waals surface area contributed by atoms with Crippen LogP contribution in [-0.4, -0.2) is 76.1 Å². The molecule has 7 heteroatoms. The highest BCUT2D eigenvalue weighted by molar-refractivity contribution is 5.79. The Balaban J connectivity index is 1.26. The molecule has 1 atom stereocenters. The molecule has 3 aliphatic rings. The molecule has 0 aliphatic carbocycles. The molecule has 0 spiro atoms. The van der Waals surface area contributed by atoms with E-state index in [1.165, 1.54) is 25.7 Å². The van der Waals surface area contributed by atoms with Gasteiger partial charge in [0.05, 0.1) is 12.5 Å². The number of hydrogen-bond donors (Lipinski definition) is 0. The van der Waals surface area contributed by atoms with Gasteiger partial charge in [0.15, 0.2) is 5.82 Å². The van der Waals surface area contributed by atoms with Crippen LogP contribution in [0.3, 0.4) is 0 Å². The Morgan fingerprint density at radius 1 is 1.08 bits per heavy atom. The van der Waals surface area contributed by atoms with E-state index < -0.39 is 0 Å². The molecular weight excluding hydrogens is 330 g/mol. The quantitative estimate of drug-likeness (QED) is 0.813. The lowest BCUT2D eigenvalue weighted by molar-refractivity contribution is -0.136. The number of amides is 1. The molecule has 0 aromatic carbocycles. The second kappa shape index (κ2) is 8.05. The molecule has 0 bridgehead atoms. The van der Waals surface area contributed by atoms with Gasteiger partial charge < -0.3 is 9.42 Å². The second-order valence-electron chi connectivity index (χ2n) is 8.10. The van der Waals surface area contributed by atoms with E-state index in [2.05, 4.69) is 24.8 Å². The van der Waals surface area contributed by atoms with Gasteiger partial charge in [-0.2, -0.15) is 4.98 Å². The topological polar surface area (TPSA) is 65.7 Å². The largest absolute Gasteiger partial charge is 0.342 e. The Morgan fingerprint density at radius 3 is 2.54 bits per heavy atom. The summed E-state index contributed by atoms with van der Waals surface area (Å²) in [5.41, 5.74) is 0. The van der Waals surface area contributed by atoms with Crippen LogP contribution in [0.1, 0.15) is 50.2 Å². The zero-order valence-corrected chi connectivity index (χ0v) is 15.9. The highest BCUT2D eigenvalue weighted by atomic mass is 16.5. The summed E-state index contributed by atoms with van der Waals surface area (Å²) in [4.78, 5) is 24.2. The Morgan fingerprint density at radius 2 is 1.85 bits per heavy atom. The number of nitrogens with zero attached hydrogens (tertiary/aromatic N) is 5. The van der Waals surface area contributed by atoms with Crippen LogP contribution in [0.25, 0.3) is 0 Å². The van der Waals surface area contributed by atoms with Crippen LogP contribution < -0.4 is 0 Å². The molecule has 7 nitrogen and oxygen atoms in total. The minimum atomic E-state index is 0.224. The van der Waals surface area contributed by atoms with Crippen LogP contribution in [0.4, 0.5) is 0 Å². The normalized spacial score (nSPS) is 26.5. The average molecular weight is 361 g/mol. The van der Waals surface area contributed by atoms with Crippen LogP contribution in [0, 0.1) is 12.8 Å². The molecule has 1 unspecified atom stereocenters. The van der Waals surface area contributed by atoms with Gasteiger partial charge in [-0.15, -0.1) is 0 Å². The number of carbonyl (C=O) groups is 1. The van der Waals surface area contributed by atoms with Gasteiger partial charge in [0.1, 0.15) is 0 Å². The minimum absolute atomic E-state index is 0.224. The summed E-state index contributed by atoms with van der Waals surface area (Å²) in [6, 6.07) is 0.618. The zero-order valence-electron chi connectivity index (χ0n) is 15.9. The highest BCUT2D eigenvalue weighted by Crippen LogP contribution is 2.26. The van der Waals surface area contributed by atoms with Gasteiger partial charge in [0, 0.05) is 45.7 Å². The second-order valence-corrected chi connectivity index (χ2v) is 8.10.